The van der Waals surface area contributed by atoms with Crippen LogP contribution < -0.4 is 5.73 Å². The molecule has 0 radical (unpaired) electrons. The van der Waals surface area contributed by atoms with Gasteiger partial charge in [0.2, 0.25) is 0 Å². The second kappa shape index (κ2) is 6.03. The number of benzene rings is 1. The Morgan fingerprint density at radius 2 is 1.96 bits per heavy atom. The van der Waals surface area contributed by atoms with Crippen LogP contribution in [0.4, 0.5) is 18.9 Å². The summed E-state index contributed by atoms with van der Waals surface area (Å²) in [5.41, 5.74) is 5.42. The highest BCUT2D eigenvalue weighted by Crippen LogP contribution is 2.33. The number of amides is 1. The Kier molecular flexibility index (Phi) is 4.61. The predicted molar refractivity (Wildman–Crippen MR) is 78.7 cm³/mol. The largest absolute Gasteiger partial charge is 0.408 e. The van der Waals surface area contributed by atoms with E-state index in [1.165, 1.54) is 6.07 Å². The topological polar surface area (TPSA) is 80.5 Å². The van der Waals surface area contributed by atoms with Gasteiger partial charge in [-0.1, -0.05) is 0 Å². The van der Waals surface area contributed by atoms with Crippen LogP contribution in [0.2, 0.25) is 0 Å². The summed E-state index contributed by atoms with van der Waals surface area (Å²) in [5, 5.41) is 0. The fraction of sp³-hybridized carbons (Fsp3) is 0.500. The Morgan fingerprint density at radius 1 is 1.30 bits per heavy atom. The number of hydrogen-bond donors (Lipinski definition) is 1. The Hall–Kier alpha value is -1.77. The number of carbonyl (C=O) groups excluding carboxylic acids is 1. The summed E-state index contributed by atoms with van der Waals surface area (Å²) in [4.78, 5) is 13.1. The van der Waals surface area contributed by atoms with Gasteiger partial charge in [0.1, 0.15) is 6.04 Å². The van der Waals surface area contributed by atoms with Gasteiger partial charge in [-0.15, -0.1) is 0 Å². The van der Waals surface area contributed by atoms with Crippen molar-refractivity contribution in [1.29, 1.82) is 0 Å². The van der Waals surface area contributed by atoms with Crippen molar-refractivity contribution in [2.24, 2.45) is 0 Å². The average molecular weight is 350 g/mol. The van der Waals surface area contributed by atoms with Gasteiger partial charge in [0.25, 0.3) is 5.91 Å². The molecule has 9 heteroatoms. The zero-order valence-electron chi connectivity index (χ0n) is 12.4. The molecule has 1 amide bonds. The van der Waals surface area contributed by atoms with Gasteiger partial charge in [0.05, 0.1) is 10.5 Å². The van der Waals surface area contributed by atoms with Gasteiger partial charge < -0.3 is 10.6 Å². The van der Waals surface area contributed by atoms with Crippen LogP contribution in [0, 0.1) is 0 Å². The number of alkyl halides is 3. The molecule has 2 rings (SSSR count). The number of nitrogens with two attached hydrogens (primary N) is 1. The zero-order valence-corrected chi connectivity index (χ0v) is 13.2. The molecule has 0 aromatic heterocycles. The van der Waals surface area contributed by atoms with E-state index in [0.29, 0.717) is 12.8 Å². The first-order chi connectivity index (χ1) is 10.5. The number of anilines is 1. The Balaban J connectivity index is 2.36. The zero-order chi connectivity index (χ0) is 17.4. The van der Waals surface area contributed by atoms with E-state index in [-0.39, 0.29) is 29.1 Å². The first-order valence-corrected chi connectivity index (χ1v) is 8.88. The number of carbonyl (C=O) groups is 1. The van der Waals surface area contributed by atoms with Gasteiger partial charge in [0, 0.05) is 18.5 Å². The van der Waals surface area contributed by atoms with Crippen LogP contribution in [-0.4, -0.2) is 44.2 Å². The minimum absolute atomic E-state index is 0.00369. The van der Waals surface area contributed by atoms with Crippen LogP contribution in [0.5, 0.6) is 0 Å². The summed E-state index contributed by atoms with van der Waals surface area (Å²) < 4.78 is 62.2. The third-order valence-electron chi connectivity index (χ3n) is 3.82. The lowest BCUT2D eigenvalue weighted by atomic mass is 10.00. The number of halogens is 3. The van der Waals surface area contributed by atoms with Crippen LogP contribution in [0.25, 0.3) is 0 Å². The van der Waals surface area contributed by atoms with E-state index in [9.17, 15) is 26.4 Å². The molecule has 23 heavy (non-hydrogen) atoms. The molecule has 1 fully saturated rings. The fourth-order valence-electron chi connectivity index (χ4n) is 2.64. The number of piperidine rings is 1. The summed E-state index contributed by atoms with van der Waals surface area (Å²) in [6.45, 7) is -0.00369. The molecule has 1 aliphatic rings. The molecule has 1 atom stereocenters. The molecule has 5 nitrogen and oxygen atoms in total. The van der Waals surface area contributed by atoms with Crippen molar-refractivity contribution in [3.8, 4) is 0 Å². The maximum absolute atomic E-state index is 13.1. The van der Waals surface area contributed by atoms with Gasteiger partial charge in [0.15, 0.2) is 9.84 Å². The van der Waals surface area contributed by atoms with Gasteiger partial charge in [-0.25, -0.2) is 8.42 Å². The number of nitrogens with zero attached hydrogens (tertiary/aromatic N) is 1. The molecule has 1 heterocycles. The molecule has 1 unspecified atom stereocenters. The average Bonchev–Trinajstić information content (AvgIpc) is 2.44. The van der Waals surface area contributed by atoms with Crippen molar-refractivity contribution in [2.75, 3.05) is 18.5 Å². The SMILES string of the molecule is CS(=O)(=O)c1ccc(C(=O)N2CCCCC2C(F)(F)F)c(N)c1. The van der Waals surface area contributed by atoms with Gasteiger partial charge in [-0.05, 0) is 37.5 Å². The van der Waals surface area contributed by atoms with E-state index in [4.69, 9.17) is 5.73 Å². The molecular weight excluding hydrogens is 333 g/mol. The molecule has 0 aliphatic carbocycles. The standard InChI is InChI=1S/C14H17F3N2O3S/c1-23(21,22)9-5-6-10(11(18)8-9)13(20)19-7-3-2-4-12(19)14(15,16)17/h5-6,8,12H,2-4,7,18H2,1H3. The first kappa shape index (κ1) is 17.6. The summed E-state index contributed by atoms with van der Waals surface area (Å²) in [6.07, 6.45) is -2.78. The van der Waals surface area contributed by atoms with E-state index in [0.717, 1.165) is 23.3 Å². The number of rotatable bonds is 2. The molecule has 2 N–H and O–H groups in total. The van der Waals surface area contributed by atoms with Gasteiger partial charge >= 0.3 is 6.18 Å². The summed E-state index contributed by atoms with van der Waals surface area (Å²) in [6, 6.07) is 1.59. The highest BCUT2D eigenvalue weighted by molar-refractivity contribution is 7.90. The lowest BCUT2D eigenvalue weighted by Gasteiger charge is -2.37. The number of likely N-dealkylation sites (tertiary alicyclic amines) is 1. The van der Waals surface area contributed by atoms with E-state index >= 15 is 0 Å². The second-order valence-electron chi connectivity index (χ2n) is 5.57. The molecule has 1 aromatic carbocycles. The van der Waals surface area contributed by atoms with Crippen molar-refractivity contribution < 1.29 is 26.4 Å². The Bertz CT molecular complexity index is 716. The minimum atomic E-state index is -4.50. The van der Waals surface area contributed by atoms with Crippen molar-refractivity contribution in [3.05, 3.63) is 23.8 Å². The monoisotopic (exact) mass is 350 g/mol. The van der Waals surface area contributed by atoms with Crippen LogP contribution in [-0.2, 0) is 9.84 Å². The van der Waals surface area contributed by atoms with Crippen molar-refractivity contribution in [1.82, 2.24) is 4.90 Å². The van der Waals surface area contributed by atoms with Gasteiger partial charge in [-0.2, -0.15) is 13.2 Å². The highest BCUT2D eigenvalue weighted by atomic mass is 32.2. The Morgan fingerprint density at radius 3 is 2.48 bits per heavy atom. The predicted octanol–water partition coefficient (Wildman–Crippen LogP) is 2.23. The highest BCUT2D eigenvalue weighted by Gasteiger charge is 2.46. The molecule has 0 bridgehead atoms. The smallest absolute Gasteiger partial charge is 0.398 e. The van der Waals surface area contributed by atoms with E-state index < -0.39 is 28.0 Å². The third kappa shape index (κ3) is 3.77. The molecular formula is C14H17F3N2O3S. The number of sulfone groups is 1. The molecule has 1 saturated heterocycles. The minimum Gasteiger partial charge on any atom is -0.398 e. The first-order valence-electron chi connectivity index (χ1n) is 6.99. The fourth-order valence-corrected chi connectivity index (χ4v) is 3.29. The van der Waals surface area contributed by atoms with Crippen molar-refractivity contribution in [3.63, 3.8) is 0 Å². The lowest BCUT2D eigenvalue weighted by Crippen LogP contribution is -2.51. The maximum atomic E-state index is 13.1. The van der Waals surface area contributed by atoms with Gasteiger partial charge in [-0.3, -0.25) is 4.79 Å². The second-order valence-corrected chi connectivity index (χ2v) is 7.59. The molecule has 128 valence electrons. The molecule has 1 aromatic rings. The third-order valence-corrected chi connectivity index (χ3v) is 4.93. The van der Waals surface area contributed by atoms with E-state index in [1.807, 2.05) is 0 Å². The number of nitrogen functional groups attached to an aromatic ring is 1. The molecule has 1 aliphatic heterocycles. The molecule has 0 saturated carbocycles. The van der Waals surface area contributed by atoms with Crippen LogP contribution in [0.1, 0.15) is 29.6 Å². The Labute approximate surface area is 132 Å². The normalized spacial score (nSPS) is 19.7. The van der Waals surface area contributed by atoms with Crippen LogP contribution >= 0.6 is 0 Å². The molecule has 0 spiro atoms. The summed E-state index contributed by atoms with van der Waals surface area (Å²) >= 11 is 0. The quantitative estimate of drug-likeness (QED) is 0.830. The van der Waals surface area contributed by atoms with Crippen molar-refractivity contribution >= 4 is 21.4 Å². The van der Waals surface area contributed by atoms with Crippen LogP contribution in [0.15, 0.2) is 23.1 Å². The maximum Gasteiger partial charge on any atom is 0.408 e. The summed E-state index contributed by atoms with van der Waals surface area (Å²) in [5.74, 6) is -0.829. The van der Waals surface area contributed by atoms with E-state index in [1.54, 1.807) is 0 Å². The number of hydrogen-bond acceptors (Lipinski definition) is 4. The summed E-state index contributed by atoms with van der Waals surface area (Å²) in [7, 11) is -3.51. The van der Waals surface area contributed by atoms with Crippen LogP contribution in [0.3, 0.4) is 0 Å². The van der Waals surface area contributed by atoms with Crippen molar-refractivity contribution in [2.45, 2.75) is 36.4 Å². The van der Waals surface area contributed by atoms with E-state index in [2.05, 4.69) is 0 Å². The lowest BCUT2D eigenvalue weighted by molar-refractivity contribution is -0.183.